The Morgan fingerprint density at radius 2 is 2.06 bits per heavy atom. The molecule has 1 aromatic rings. The standard InChI is InChI=1S/C12H18N2O3/c1-14(11(7-13)12(15)16)8-9-3-5-10(17-2)6-4-9/h3-6,11H,7-8,13H2,1-2H3,(H,15,16). The first-order valence-corrected chi connectivity index (χ1v) is 5.34. The van der Waals surface area contributed by atoms with Gasteiger partial charge < -0.3 is 15.6 Å². The highest BCUT2D eigenvalue weighted by Gasteiger charge is 2.20. The number of likely N-dealkylation sites (N-methyl/N-ethyl adjacent to an activating group) is 1. The highest BCUT2D eigenvalue weighted by atomic mass is 16.5. The van der Waals surface area contributed by atoms with Gasteiger partial charge in [-0.3, -0.25) is 9.69 Å². The lowest BCUT2D eigenvalue weighted by atomic mass is 10.1. The Kier molecular flexibility index (Phi) is 4.93. The first-order chi connectivity index (χ1) is 8.08. The number of aliphatic carboxylic acids is 1. The Hall–Kier alpha value is -1.59. The molecule has 0 saturated carbocycles. The van der Waals surface area contributed by atoms with E-state index in [0.29, 0.717) is 6.54 Å². The first-order valence-electron chi connectivity index (χ1n) is 5.34. The van der Waals surface area contributed by atoms with Gasteiger partial charge >= 0.3 is 5.97 Å². The van der Waals surface area contributed by atoms with E-state index in [1.165, 1.54) is 0 Å². The molecule has 1 rings (SSSR count). The number of hydrogen-bond donors (Lipinski definition) is 2. The number of hydrogen-bond acceptors (Lipinski definition) is 4. The van der Waals surface area contributed by atoms with E-state index in [-0.39, 0.29) is 6.54 Å². The van der Waals surface area contributed by atoms with Crippen molar-refractivity contribution >= 4 is 5.97 Å². The predicted molar refractivity (Wildman–Crippen MR) is 64.9 cm³/mol. The zero-order chi connectivity index (χ0) is 12.8. The van der Waals surface area contributed by atoms with E-state index in [0.717, 1.165) is 11.3 Å². The van der Waals surface area contributed by atoms with Crippen molar-refractivity contribution in [3.63, 3.8) is 0 Å². The number of ether oxygens (including phenoxy) is 1. The summed E-state index contributed by atoms with van der Waals surface area (Å²) in [6.07, 6.45) is 0. The van der Waals surface area contributed by atoms with Crippen LogP contribution in [0, 0.1) is 0 Å². The maximum Gasteiger partial charge on any atom is 0.322 e. The van der Waals surface area contributed by atoms with Crippen molar-refractivity contribution in [3.05, 3.63) is 29.8 Å². The Bertz CT molecular complexity index is 365. The van der Waals surface area contributed by atoms with Crippen molar-refractivity contribution in [1.29, 1.82) is 0 Å². The molecule has 0 amide bonds. The summed E-state index contributed by atoms with van der Waals surface area (Å²) in [5.41, 5.74) is 6.45. The molecule has 17 heavy (non-hydrogen) atoms. The van der Waals surface area contributed by atoms with Crippen LogP contribution in [0.25, 0.3) is 0 Å². The molecular weight excluding hydrogens is 220 g/mol. The lowest BCUT2D eigenvalue weighted by Gasteiger charge is -2.23. The average Bonchev–Trinajstić information content (AvgIpc) is 2.30. The van der Waals surface area contributed by atoms with Crippen LogP contribution in [0.1, 0.15) is 5.56 Å². The monoisotopic (exact) mass is 238 g/mol. The van der Waals surface area contributed by atoms with Crippen LogP contribution in [-0.2, 0) is 11.3 Å². The van der Waals surface area contributed by atoms with Crippen molar-refractivity contribution in [2.75, 3.05) is 20.7 Å². The molecule has 0 saturated heterocycles. The minimum atomic E-state index is -0.900. The lowest BCUT2D eigenvalue weighted by molar-refractivity contribution is -0.142. The van der Waals surface area contributed by atoms with E-state index in [4.69, 9.17) is 15.6 Å². The number of methoxy groups -OCH3 is 1. The van der Waals surface area contributed by atoms with E-state index in [1.54, 1.807) is 19.1 Å². The summed E-state index contributed by atoms with van der Waals surface area (Å²) in [7, 11) is 3.35. The van der Waals surface area contributed by atoms with Gasteiger partial charge in [0.1, 0.15) is 11.8 Å². The molecule has 1 unspecified atom stereocenters. The Morgan fingerprint density at radius 1 is 1.47 bits per heavy atom. The van der Waals surface area contributed by atoms with Gasteiger partial charge in [-0.25, -0.2) is 0 Å². The van der Waals surface area contributed by atoms with Crippen LogP contribution in [0.5, 0.6) is 5.75 Å². The summed E-state index contributed by atoms with van der Waals surface area (Å²) in [6.45, 7) is 0.639. The lowest BCUT2D eigenvalue weighted by Crippen LogP contribution is -2.43. The topological polar surface area (TPSA) is 75.8 Å². The summed E-state index contributed by atoms with van der Waals surface area (Å²) < 4.78 is 5.05. The minimum absolute atomic E-state index is 0.0992. The molecule has 1 aromatic carbocycles. The van der Waals surface area contributed by atoms with Crippen LogP contribution in [-0.4, -0.2) is 42.7 Å². The van der Waals surface area contributed by atoms with Gasteiger partial charge in [0.25, 0.3) is 0 Å². The molecule has 0 spiro atoms. The number of carbonyl (C=O) groups is 1. The summed E-state index contributed by atoms with van der Waals surface area (Å²) in [6, 6.07) is 6.86. The normalized spacial score (nSPS) is 12.5. The van der Waals surface area contributed by atoms with Crippen LogP contribution >= 0.6 is 0 Å². The van der Waals surface area contributed by atoms with Gasteiger partial charge in [-0.05, 0) is 24.7 Å². The summed E-state index contributed by atoms with van der Waals surface area (Å²) in [4.78, 5) is 12.6. The fraction of sp³-hybridized carbons (Fsp3) is 0.417. The third kappa shape index (κ3) is 3.72. The molecule has 0 heterocycles. The Labute approximate surface area is 101 Å². The number of nitrogens with zero attached hydrogens (tertiary/aromatic N) is 1. The smallest absolute Gasteiger partial charge is 0.322 e. The average molecular weight is 238 g/mol. The molecule has 0 aliphatic rings. The van der Waals surface area contributed by atoms with Crippen molar-refractivity contribution in [3.8, 4) is 5.75 Å². The van der Waals surface area contributed by atoms with Crippen LogP contribution in [0.15, 0.2) is 24.3 Å². The number of carboxylic acid groups (broad SMARTS) is 1. The van der Waals surface area contributed by atoms with Gasteiger partial charge in [0.15, 0.2) is 0 Å². The zero-order valence-corrected chi connectivity index (χ0v) is 10.1. The van der Waals surface area contributed by atoms with Crippen molar-refractivity contribution in [2.45, 2.75) is 12.6 Å². The van der Waals surface area contributed by atoms with Gasteiger partial charge in [-0.1, -0.05) is 12.1 Å². The molecule has 0 bridgehead atoms. The Balaban J connectivity index is 2.66. The van der Waals surface area contributed by atoms with Gasteiger partial charge in [0.2, 0.25) is 0 Å². The van der Waals surface area contributed by atoms with E-state index in [1.807, 2.05) is 24.3 Å². The van der Waals surface area contributed by atoms with Gasteiger partial charge in [0.05, 0.1) is 7.11 Å². The second-order valence-corrected chi connectivity index (χ2v) is 3.85. The van der Waals surface area contributed by atoms with Gasteiger partial charge in [-0.15, -0.1) is 0 Å². The second-order valence-electron chi connectivity index (χ2n) is 3.85. The highest BCUT2D eigenvalue weighted by Crippen LogP contribution is 2.13. The maximum absolute atomic E-state index is 10.9. The van der Waals surface area contributed by atoms with Crippen LogP contribution in [0.4, 0.5) is 0 Å². The summed E-state index contributed by atoms with van der Waals surface area (Å²) in [5, 5.41) is 8.96. The molecule has 0 aliphatic carbocycles. The van der Waals surface area contributed by atoms with Gasteiger partial charge in [-0.2, -0.15) is 0 Å². The van der Waals surface area contributed by atoms with Crippen molar-refractivity contribution in [2.24, 2.45) is 5.73 Å². The van der Waals surface area contributed by atoms with E-state index < -0.39 is 12.0 Å². The van der Waals surface area contributed by atoms with Crippen LogP contribution < -0.4 is 10.5 Å². The van der Waals surface area contributed by atoms with E-state index >= 15 is 0 Å². The largest absolute Gasteiger partial charge is 0.497 e. The molecule has 0 fully saturated rings. The first kappa shape index (κ1) is 13.5. The number of benzene rings is 1. The van der Waals surface area contributed by atoms with Gasteiger partial charge in [0, 0.05) is 13.1 Å². The molecule has 5 heteroatoms. The maximum atomic E-state index is 10.9. The quantitative estimate of drug-likeness (QED) is 0.756. The fourth-order valence-electron chi connectivity index (χ4n) is 1.60. The molecule has 0 aliphatic heterocycles. The van der Waals surface area contributed by atoms with Crippen LogP contribution in [0.2, 0.25) is 0 Å². The Morgan fingerprint density at radius 3 is 2.47 bits per heavy atom. The summed E-state index contributed by atoms with van der Waals surface area (Å²) in [5.74, 6) is -0.117. The molecule has 94 valence electrons. The molecule has 1 atom stereocenters. The number of rotatable bonds is 6. The molecule has 0 aromatic heterocycles. The number of nitrogens with two attached hydrogens (primary N) is 1. The molecular formula is C12H18N2O3. The third-order valence-electron chi connectivity index (χ3n) is 2.63. The second kappa shape index (κ2) is 6.22. The van der Waals surface area contributed by atoms with Crippen molar-refractivity contribution in [1.82, 2.24) is 4.90 Å². The predicted octanol–water partition coefficient (Wildman–Crippen LogP) is 0.539. The third-order valence-corrected chi connectivity index (χ3v) is 2.63. The van der Waals surface area contributed by atoms with Crippen LogP contribution in [0.3, 0.4) is 0 Å². The highest BCUT2D eigenvalue weighted by molar-refractivity contribution is 5.73. The molecule has 3 N–H and O–H groups in total. The molecule has 0 radical (unpaired) electrons. The fourth-order valence-corrected chi connectivity index (χ4v) is 1.60. The minimum Gasteiger partial charge on any atom is -0.497 e. The zero-order valence-electron chi connectivity index (χ0n) is 10.1. The summed E-state index contributed by atoms with van der Waals surface area (Å²) >= 11 is 0. The number of carboxylic acids is 1. The SMILES string of the molecule is COc1ccc(CN(C)C(CN)C(=O)O)cc1. The van der Waals surface area contributed by atoms with E-state index in [9.17, 15) is 4.79 Å². The van der Waals surface area contributed by atoms with Crippen molar-refractivity contribution < 1.29 is 14.6 Å². The molecule has 5 nitrogen and oxygen atoms in total. The van der Waals surface area contributed by atoms with E-state index in [2.05, 4.69) is 0 Å².